The van der Waals surface area contributed by atoms with E-state index in [2.05, 4.69) is 46.4 Å². The van der Waals surface area contributed by atoms with Gasteiger partial charge in [0, 0.05) is 36.0 Å². The van der Waals surface area contributed by atoms with Gasteiger partial charge in [-0.3, -0.25) is 4.99 Å². The lowest BCUT2D eigenvalue weighted by Gasteiger charge is -2.10. The third-order valence-electron chi connectivity index (χ3n) is 3.48. The fourth-order valence-electron chi connectivity index (χ4n) is 2.18. The highest BCUT2D eigenvalue weighted by atomic mass is 32.1. The number of guanidine groups is 1. The van der Waals surface area contributed by atoms with E-state index in [0.29, 0.717) is 6.54 Å². The van der Waals surface area contributed by atoms with Gasteiger partial charge >= 0.3 is 0 Å². The molecule has 2 aromatic rings. The largest absolute Gasteiger partial charge is 0.356 e. The standard InChI is InChI=1S/C16H25N5S2/c1-5-12-9-19-15(23-12)10-20-16(17-4)18-8-7-14-21-13(6-2)11(3)22-14/h9H,5-8,10H2,1-4H3,(H2,17,18,20). The molecule has 0 spiro atoms. The fourth-order valence-corrected chi connectivity index (χ4v) is 4.01. The van der Waals surface area contributed by atoms with Crippen LogP contribution in [0, 0.1) is 6.92 Å². The minimum Gasteiger partial charge on any atom is -0.356 e. The molecule has 2 N–H and O–H groups in total. The van der Waals surface area contributed by atoms with Crippen LogP contribution in [0.5, 0.6) is 0 Å². The molecule has 2 aromatic heterocycles. The Hall–Kier alpha value is -1.47. The van der Waals surface area contributed by atoms with E-state index >= 15 is 0 Å². The first-order chi connectivity index (χ1) is 11.2. The molecule has 0 aliphatic carbocycles. The highest BCUT2D eigenvalue weighted by molar-refractivity contribution is 7.11. The first kappa shape index (κ1) is 17.9. The maximum Gasteiger partial charge on any atom is 0.191 e. The van der Waals surface area contributed by atoms with Gasteiger partial charge in [0.15, 0.2) is 5.96 Å². The summed E-state index contributed by atoms with van der Waals surface area (Å²) in [7, 11) is 1.79. The van der Waals surface area contributed by atoms with E-state index in [-0.39, 0.29) is 0 Å². The number of nitrogens with one attached hydrogen (secondary N) is 2. The summed E-state index contributed by atoms with van der Waals surface area (Å²) in [6.45, 7) is 7.98. The van der Waals surface area contributed by atoms with Crippen LogP contribution in [-0.2, 0) is 25.8 Å². The molecule has 0 radical (unpaired) electrons. The molecule has 0 aliphatic rings. The zero-order valence-electron chi connectivity index (χ0n) is 14.3. The summed E-state index contributed by atoms with van der Waals surface area (Å²) in [6.07, 6.45) is 4.92. The number of hydrogen-bond donors (Lipinski definition) is 2. The van der Waals surface area contributed by atoms with E-state index in [1.807, 2.05) is 6.20 Å². The van der Waals surface area contributed by atoms with Crippen molar-refractivity contribution in [3.05, 3.63) is 31.7 Å². The van der Waals surface area contributed by atoms with Crippen molar-refractivity contribution in [3.8, 4) is 0 Å². The smallest absolute Gasteiger partial charge is 0.191 e. The van der Waals surface area contributed by atoms with Gasteiger partial charge in [-0.15, -0.1) is 22.7 Å². The second kappa shape index (κ2) is 8.98. The van der Waals surface area contributed by atoms with Crippen molar-refractivity contribution in [1.29, 1.82) is 0 Å². The molecule has 2 heterocycles. The quantitative estimate of drug-likeness (QED) is 0.595. The van der Waals surface area contributed by atoms with E-state index in [4.69, 9.17) is 0 Å². The summed E-state index contributed by atoms with van der Waals surface area (Å²) >= 11 is 3.54. The molecule has 0 aromatic carbocycles. The number of aliphatic imine (C=N–C) groups is 1. The van der Waals surface area contributed by atoms with E-state index in [9.17, 15) is 0 Å². The maximum atomic E-state index is 4.67. The molecule has 0 amide bonds. The number of nitrogens with zero attached hydrogens (tertiary/aromatic N) is 3. The van der Waals surface area contributed by atoms with Crippen molar-refractivity contribution in [2.24, 2.45) is 4.99 Å². The van der Waals surface area contributed by atoms with Gasteiger partial charge in [0.1, 0.15) is 5.01 Å². The lowest BCUT2D eigenvalue weighted by Crippen LogP contribution is -2.37. The summed E-state index contributed by atoms with van der Waals surface area (Å²) in [5, 5.41) is 8.93. The van der Waals surface area contributed by atoms with Crippen LogP contribution in [0.2, 0.25) is 0 Å². The fraction of sp³-hybridized carbons (Fsp3) is 0.562. The highest BCUT2D eigenvalue weighted by Crippen LogP contribution is 2.18. The van der Waals surface area contributed by atoms with Crippen LogP contribution < -0.4 is 10.6 Å². The number of aryl methyl sites for hydroxylation is 3. The Morgan fingerprint density at radius 3 is 2.61 bits per heavy atom. The SMILES string of the molecule is CCc1cnc(CNC(=NC)NCCc2nc(CC)c(C)s2)s1. The summed E-state index contributed by atoms with van der Waals surface area (Å²) in [5.74, 6) is 0.808. The molecule has 0 unspecified atom stereocenters. The molecule has 0 atom stereocenters. The van der Waals surface area contributed by atoms with E-state index in [1.54, 1.807) is 29.7 Å². The van der Waals surface area contributed by atoms with Gasteiger partial charge in [0.2, 0.25) is 0 Å². The minimum atomic E-state index is 0.709. The average molecular weight is 352 g/mol. The molecule has 2 rings (SSSR count). The molecule has 0 aliphatic heterocycles. The Morgan fingerprint density at radius 1 is 1.17 bits per heavy atom. The predicted octanol–water partition coefficient (Wildman–Crippen LogP) is 2.94. The van der Waals surface area contributed by atoms with Crippen LogP contribution >= 0.6 is 22.7 Å². The van der Waals surface area contributed by atoms with Crippen LogP contribution in [0.25, 0.3) is 0 Å². The molecule has 5 nitrogen and oxygen atoms in total. The molecule has 0 saturated carbocycles. The third kappa shape index (κ3) is 5.28. The summed E-state index contributed by atoms with van der Waals surface area (Å²) in [6, 6.07) is 0. The molecule has 0 saturated heterocycles. The Labute approximate surface area is 146 Å². The number of hydrogen-bond acceptors (Lipinski definition) is 5. The van der Waals surface area contributed by atoms with E-state index in [1.165, 1.54) is 20.5 Å². The molecule has 0 bridgehead atoms. The average Bonchev–Trinajstić information content (AvgIpc) is 3.16. The predicted molar refractivity (Wildman–Crippen MR) is 99.6 cm³/mol. The van der Waals surface area contributed by atoms with Gasteiger partial charge < -0.3 is 10.6 Å². The molecule has 0 fully saturated rings. The van der Waals surface area contributed by atoms with Crippen LogP contribution in [0.3, 0.4) is 0 Å². The van der Waals surface area contributed by atoms with Crippen LogP contribution in [-0.4, -0.2) is 29.5 Å². The summed E-state index contributed by atoms with van der Waals surface area (Å²) in [5.41, 5.74) is 1.23. The van der Waals surface area contributed by atoms with Gasteiger partial charge in [-0.05, 0) is 19.8 Å². The van der Waals surface area contributed by atoms with Crippen molar-refractivity contribution in [2.75, 3.05) is 13.6 Å². The number of thiazole rings is 2. The normalized spacial score (nSPS) is 11.7. The second-order valence-corrected chi connectivity index (χ2v) is 7.63. The van der Waals surface area contributed by atoms with Gasteiger partial charge in [-0.2, -0.15) is 0 Å². The Kier molecular flexibility index (Phi) is 6.98. The summed E-state index contributed by atoms with van der Waals surface area (Å²) in [4.78, 5) is 16.0. The molecule has 126 valence electrons. The first-order valence-electron chi connectivity index (χ1n) is 7.99. The van der Waals surface area contributed by atoms with E-state index < -0.39 is 0 Å². The minimum absolute atomic E-state index is 0.709. The second-order valence-electron chi connectivity index (χ2n) is 5.14. The topological polar surface area (TPSA) is 62.2 Å². The maximum absolute atomic E-state index is 4.67. The van der Waals surface area contributed by atoms with Crippen LogP contribution in [0.4, 0.5) is 0 Å². The number of rotatable bonds is 7. The molecular weight excluding hydrogens is 326 g/mol. The number of aromatic nitrogens is 2. The van der Waals surface area contributed by atoms with Gasteiger partial charge in [-0.25, -0.2) is 9.97 Å². The molecule has 7 heteroatoms. The highest BCUT2D eigenvalue weighted by Gasteiger charge is 2.06. The van der Waals surface area contributed by atoms with Crippen LogP contribution in [0.15, 0.2) is 11.2 Å². The van der Waals surface area contributed by atoms with Crippen molar-refractivity contribution in [3.63, 3.8) is 0 Å². The van der Waals surface area contributed by atoms with Crippen molar-refractivity contribution < 1.29 is 0 Å². The monoisotopic (exact) mass is 351 g/mol. The molecule has 23 heavy (non-hydrogen) atoms. The Morgan fingerprint density at radius 2 is 2.00 bits per heavy atom. The van der Waals surface area contributed by atoms with Crippen molar-refractivity contribution in [1.82, 2.24) is 20.6 Å². The lowest BCUT2D eigenvalue weighted by molar-refractivity contribution is 0.787. The zero-order valence-corrected chi connectivity index (χ0v) is 15.9. The zero-order chi connectivity index (χ0) is 16.7. The van der Waals surface area contributed by atoms with Gasteiger partial charge in [0.25, 0.3) is 0 Å². The van der Waals surface area contributed by atoms with Gasteiger partial charge in [0.05, 0.1) is 17.2 Å². The van der Waals surface area contributed by atoms with Crippen molar-refractivity contribution >= 4 is 28.6 Å². The third-order valence-corrected chi connectivity index (χ3v) is 5.70. The Balaban J connectivity index is 1.76. The van der Waals surface area contributed by atoms with Gasteiger partial charge in [-0.1, -0.05) is 13.8 Å². The first-order valence-corrected chi connectivity index (χ1v) is 9.62. The van der Waals surface area contributed by atoms with Crippen LogP contribution in [0.1, 0.15) is 39.3 Å². The van der Waals surface area contributed by atoms with E-state index in [0.717, 1.165) is 36.8 Å². The summed E-state index contributed by atoms with van der Waals surface area (Å²) < 4.78 is 0. The molecular formula is C16H25N5S2. The lowest BCUT2D eigenvalue weighted by atomic mass is 10.3. The van der Waals surface area contributed by atoms with Crippen molar-refractivity contribution in [2.45, 2.75) is 46.6 Å². The Bertz CT molecular complexity index is 645.